The van der Waals surface area contributed by atoms with E-state index in [-0.39, 0.29) is 5.82 Å². The number of rotatable bonds is 4. The zero-order valence-corrected chi connectivity index (χ0v) is 11.0. The molecule has 0 aliphatic rings. The van der Waals surface area contributed by atoms with E-state index >= 15 is 0 Å². The molecule has 2 rings (SSSR count). The average Bonchev–Trinajstić information content (AvgIpc) is 2.74. The van der Waals surface area contributed by atoms with Crippen LogP contribution in [0.15, 0.2) is 33.7 Å². The van der Waals surface area contributed by atoms with Crippen molar-refractivity contribution < 1.29 is 8.91 Å². The van der Waals surface area contributed by atoms with Crippen molar-refractivity contribution in [1.82, 2.24) is 10.1 Å². The molecular formula is C12H14FN3OS. The number of halogens is 1. The van der Waals surface area contributed by atoms with Crippen LogP contribution in [-0.4, -0.2) is 10.1 Å². The van der Waals surface area contributed by atoms with E-state index in [1.54, 1.807) is 19.9 Å². The second-order valence-corrected chi connectivity index (χ2v) is 5.53. The molecule has 4 nitrogen and oxygen atoms in total. The summed E-state index contributed by atoms with van der Waals surface area (Å²) < 4.78 is 18.1. The first-order valence-electron chi connectivity index (χ1n) is 5.45. The molecule has 0 bridgehead atoms. The van der Waals surface area contributed by atoms with Crippen LogP contribution in [0.25, 0.3) is 0 Å². The summed E-state index contributed by atoms with van der Waals surface area (Å²) in [6.07, 6.45) is 0. The third kappa shape index (κ3) is 3.30. The summed E-state index contributed by atoms with van der Waals surface area (Å²) in [4.78, 5) is 5.02. The molecular weight excluding hydrogens is 253 g/mol. The molecule has 18 heavy (non-hydrogen) atoms. The van der Waals surface area contributed by atoms with E-state index in [1.165, 1.54) is 23.9 Å². The number of nitrogens with two attached hydrogens (primary N) is 1. The van der Waals surface area contributed by atoms with Gasteiger partial charge in [-0.1, -0.05) is 11.2 Å². The molecule has 0 spiro atoms. The fourth-order valence-electron chi connectivity index (χ4n) is 1.28. The molecule has 0 fully saturated rings. The number of hydrogen-bond donors (Lipinski definition) is 1. The largest absolute Gasteiger partial charge is 0.338 e. The molecule has 0 atom stereocenters. The highest BCUT2D eigenvalue weighted by atomic mass is 32.2. The second kappa shape index (κ2) is 5.07. The number of thioether (sulfide) groups is 1. The van der Waals surface area contributed by atoms with E-state index in [2.05, 4.69) is 10.1 Å². The Bertz CT molecular complexity index is 536. The van der Waals surface area contributed by atoms with Gasteiger partial charge in [-0.3, -0.25) is 0 Å². The highest BCUT2D eigenvalue weighted by Gasteiger charge is 2.21. The Morgan fingerprint density at radius 2 is 2.22 bits per heavy atom. The Labute approximate surface area is 109 Å². The van der Waals surface area contributed by atoms with Crippen molar-refractivity contribution in [2.75, 3.05) is 0 Å². The minimum absolute atomic E-state index is 0.255. The molecule has 2 N–H and O–H groups in total. The SMILES string of the molecule is CC(C)(N)c1noc(CSc2cccc(F)c2)n1. The fourth-order valence-corrected chi connectivity index (χ4v) is 2.06. The van der Waals surface area contributed by atoms with Crippen LogP contribution >= 0.6 is 11.8 Å². The fraction of sp³-hybridized carbons (Fsp3) is 0.333. The van der Waals surface area contributed by atoms with Crippen LogP contribution in [0.3, 0.4) is 0 Å². The first-order valence-corrected chi connectivity index (χ1v) is 6.44. The van der Waals surface area contributed by atoms with Gasteiger partial charge in [0, 0.05) is 4.90 Å². The van der Waals surface area contributed by atoms with Gasteiger partial charge in [0.25, 0.3) is 0 Å². The Balaban J connectivity index is 2.01. The van der Waals surface area contributed by atoms with Gasteiger partial charge in [0.1, 0.15) is 5.82 Å². The Kier molecular flexibility index (Phi) is 3.68. The van der Waals surface area contributed by atoms with Gasteiger partial charge in [-0.2, -0.15) is 4.98 Å². The smallest absolute Gasteiger partial charge is 0.237 e. The number of benzene rings is 1. The quantitative estimate of drug-likeness (QED) is 0.863. The number of hydrogen-bond acceptors (Lipinski definition) is 5. The van der Waals surface area contributed by atoms with Crippen molar-refractivity contribution in [1.29, 1.82) is 0 Å². The molecule has 0 aliphatic heterocycles. The molecule has 6 heteroatoms. The lowest BCUT2D eigenvalue weighted by Gasteiger charge is -2.11. The first-order chi connectivity index (χ1) is 8.45. The molecule has 0 amide bonds. The van der Waals surface area contributed by atoms with Gasteiger partial charge in [0.15, 0.2) is 5.82 Å². The highest BCUT2D eigenvalue weighted by molar-refractivity contribution is 7.98. The zero-order valence-electron chi connectivity index (χ0n) is 10.2. The third-order valence-corrected chi connectivity index (χ3v) is 3.18. The molecule has 1 aromatic heterocycles. The van der Waals surface area contributed by atoms with Gasteiger partial charge >= 0.3 is 0 Å². The Hall–Kier alpha value is -1.40. The first kappa shape index (κ1) is 13.0. The minimum Gasteiger partial charge on any atom is -0.338 e. The summed E-state index contributed by atoms with van der Waals surface area (Å²) in [6, 6.07) is 6.37. The summed E-state index contributed by atoms with van der Waals surface area (Å²) in [6.45, 7) is 3.61. The maximum absolute atomic E-state index is 13.0. The Morgan fingerprint density at radius 3 is 2.83 bits per heavy atom. The molecule has 0 unspecified atom stereocenters. The number of aromatic nitrogens is 2. The number of nitrogens with zero attached hydrogens (tertiary/aromatic N) is 2. The van der Waals surface area contributed by atoms with Crippen LogP contribution < -0.4 is 5.73 Å². The lowest BCUT2D eigenvalue weighted by molar-refractivity contribution is 0.370. The van der Waals surface area contributed by atoms with E-state index in [4.69, 9.17) is 10.3 Å². The lowest BCUT2D eigenvalue weighted by Crippen LogP contribution is -2.30. The van der Waals surface area contributed by atoms with Crippen LogP contribution in [0.5, 0.6) is 0 Å². The maximum Gasteiger partial charge on any atom is 0.237 e. The summed E-state index contributed by atoms with van der Waals surface area (Å²) in [7, 11) is 0. The summed E-state index contributed by atoms with van der Waals surface area (Å²) in [5.74, 6) is 1.19. The van der Waals surface area contributed by atoms with E-state index in [9.17, 15) is 4.39 Å². The molecule has 96 valence electrons. The van der Waals surface area contributed by atoms with Crippen molar-refractivity contribution in [3.63, 3.8) is 0 Å². The predicted molar refractivity (Wildman–Crippen MR) is 67.5 cm³/mol. The maximum atomic E-state index is 13.0. The predicted octanol–water partition coefficient (Wildman–Crippen LogP) is 2.69. The van der Waals surface area contributed by atoms with Crippen molar-refractivity contribution in [2.45, 2.75) is 30.0 Å². The molecule has 0 saturated heterocycles. The molecule has 1 aromatic carbocycles. The monoisotopic (exact) mass is 267 g/mol. The lowest BCUT2D eigenvalue weighted by atomic mass is 10.1. The zero-order chi connectivity index (χ0) is 13.2. The van der Waals surface area contributed by atoms with E-state index in [0.717, 1.165) is 4.90 Å². The summed E-state index contributed by atoms with van der Waals surface area (Å²) in [5.41, 5.74) is 5.24. The van der Waals surface area contributed by atoms with Crippen molar-refractivity contribution in [3.8, 4) is 0 Å². The standard InChI is InChI=1S/C12H14FN3OS/c1-12(2,14)11-15-10(17-16-11)7-18-9-5-3-4-8(13)6-9/h3-6H,7,14H2,1-2H3. The average molecular weight is 267 g/mol. The molecule has 2 aromatic rings. The normalized spacial score (nSPS) is 11.8. The van der Waals surface area contributed by atoms with E-state index < -0.39 is 5.54 Å². The van der Waals surface area contributed by atoms with E-state index in [0.29, 0.717) is 17.5 Å². The molecule has 0 saturated carbocycles. The molecule has 0 radical (unpaired) electrons. The summed E-state index contributed by atoms with van der Waals surface area (Å²) >= 11 is 1.43. The summed E-state index contributed by atoms with van der Waals surface area (Å²) in [5, 5.41) is 3.82. The third-order valence-electron chi connectivity index (χ3n) is 2.20. The van der Waals surface area contributed by atoms with Crippen LogP contribution in [-0.2, 0) is 11.3 Å². The second-order valence-electron chi connectivity index (χ2n) is 4.48. The van der Waals surface area contributed by atoms with Gasteiger partial charge in [-0.15, -0.1) is 11.8 Å². The van der Waals surface area contributed by atoms with Gasteiger partial charge in [0.2, 0.25) is 5.89 Å². The van der Waals surface area contributed by atoms with Gasteiger partial charge in [0.05, 0.1) is 11.3 Å². The van der Waals surface area contributed by atoms with Crippen LogP contribution in [0.4, 0.5) is 4.39 Å². The Morgan fingerprint density at radius 1 is 1.44 bits per heavy atom. The van der Waals surface area contributed by atoms with Gasteiger partial charge in [-0.05, 0) is 32.0 Å². The van der Waals surface area contributed by atoms with Crippen molar-refractivity contribution in [2.24, 2.45) is 5.73 Å². The van der Waals surface area contributed by atoms with Gasteiger partial charge < -0.3 is 10.3 Å². The van der Waals surface area contributed by atoms with E-state index in [1.807, 2.05) is 6.07 Å². The van der Waals surface area contributed by atoms with Crippen LogP contribution in [0, 0.1) is 5.82 Å². The highest BCUT2D eigenvalue weighted by Crippen LogP contribution is 2.23. The minimum atomic E-state index is -0.620. The van der Waals surface area contributed by atoms with Crippen LogP contribution in [0.2, 0.25) is 0 Å². The van der Waals surface area contributed by atoms with Gasteiger partial charge in [-0.25, -0.2) is 4.39 Å². The topological polar surface area (TPSA) is 64.9 Å². The molecule has 1 heterocycles. The molecule has 0 aliphatic carbocycles. The van der Waals surface area contributed by atoms with Crippen molar-refractivity contribution >= 4 is 11.8 Å². The van der Waals surface area contributed by atoms with Crippen LogP contribution in [0.1, 0.15) is 25.6 Å². The van der Waals surface area contributed by atoms with Crippen molar-refractivity contribution in [3.05, 3.63) is 41.8 Å².